The van der Waals surface area contributed by atoms with Crippen LogP contribution >= 0.6 is 0 Å². The lowest BCUT2D eigenvalue weighted by Crippen LogP contribution is -2.56. The van der Waals surface area contributed by atoms with E-state index in [0.29, 0.717) is 30.4 Å². The normalized spacial score (nSPS) is 21.2. The van der Waals surface area contributed by atoms with Crippen molar-refractivity contribution in [2.45, 2.75) is 57.7 Å². The number of ether oxygens (including phenoxy) is 3. The molecule has 3 aromatic rings. The molecule has 5 heterocycles. The number of fused-ring (bicyclic) bond motifs is 4. The van der Waals surface area contributed by atoms with Gasteiger partial charge in [-0.05, 0) is 45.7 Å². The van der Waals surface area contributed by atoms with E-state index in [1.807, 2.05) is 13.8 Å². The van der Waals surface area contributed by atoms with Crippen molar-refractivity contribution < 1.29 is 32.2 Å². The van der Waals surface area contributed by atoms with Gasteiger partial charge in [-0.15, -0.1) is 0 Å². The van der Waals surface area contributed by atoms with Gasteiger partial charge in [-0.25, -0.2) is 19.7 Å². The minimum absolute atomic E-state index is 0.0325. The van der Waals surface area contributed by atoms with E-state index >= 15 is 0 Å². The van der Waals surface area contributed by atoms with E-state index in [-0.39, 0.29) is 42.0 Å². The van der Waals surface area contributed by atoms with Crippen LogP contribution in [0.1, 0.15) is 37.9 Å². The summed E-state index contributed by atoms with van der Waals surface area (Å²) in [7, 11) is 0. The number of aryl methyl sites for hydroxylation is 1. The molecule has 2 atom stereocenters. The molecule has 2 amide bonds. The molecule has 3 aliphatic rings. The van der Waals surface area contributed by atoms with Crippen LogP contribution in [0.4, 0.5) is 35.4 Å². The fourth-order valence-electron chi connectivity index (χ4n) is 5.52. The molecule has 6 rings (SSSR count). The first kappa shape index (κ1) is 28.1. The third kappa shape index (κ3) is 5.68. The number of hydrogen-bond acceptors (Lipinski definition) is 9. The maximum Gasteiger partial charge on any atom is 0.416 e. The molecule has 11 nitrogen and oxygen atoms in total. The number of nitrogens with zero attached hydrogens (tertiary/aromatic N) is 6. The van der Waals surface area contributed by atoms with E-state index in [2.05, 4.69) is 30.2 Å². The van der Waals surface area contributed by atoms with Gasteiger partial charge in [0.05, 0.1) is 23.9 Å². The van der Waals surface area contributed by atoms with E-state index in [4.69, 9.17) is 14.2 Å². The van der Waals surface area contributed by atoms with Crippen LogP contribution in [0.2, 0.25) is 0 Å². The number of anilines is 3. The van der Waals surface area contributed by atoms with Crippen molar-refractivity contribution in [3.63, 3.8) is 0 Å². The number of carbonyl (C=O) groups excluding carboxylic acids is 1. The van der Waals surface area contributed by atoms with E-state index in [9.17, 15) is 18.0 Å². The van der Waals surface area contributed by atoms with Crippen molar-refractivity contribution in [1.82, 2.24) is 19.9 Å². The molecule has 0 saturated carbocycles. The number of aromatic nitrogens is 4. The second-order valence-corrected chi connectivity index (χ2v) is 10.9. The van der Waals surface area contributed by atoms with Gasteiger partial charge in [0.2, 0.25) is 11.8 Å². The highest BCUT2D eigenvalue weighted by atomic mass is 19.4. The molecule has 222 valence electrons. The second-order valence-electron chi connectivity index (χ2n) is 10.9. The number of halogens is 3. The highest BCUT2D eigenvalue weighted by Gasteiger charge is 2.40. The number of carbonyl (C=O) groups is 1. The monoisotopic (exact) mass is 585 g/mol. The summed E-state index contributed by atoms with van der Waals surface area (Å²) < 4.78 is 57.3. The van der Waals surface area contributed by atoms with Crippen molar-refractivity contribution >= 4 is 23.5 Å². The number of piperidine rings is 1. The lowest BCUT2D eigenvalue weighted by atomic mass is 9.99. The van der Waals surface area contributed by atoms with Crippen LogP contribution in [0.3, 0.4) is 0 Å². The van der Waals surface area contributed by atoms with Gasteiger partial charge in [0, 0.05) is 30.9 Å². The first-order chi connectivity index (χ1) is 20.0. The number of rotatable bonds is 5. The lowest BCUT2D eigenvalue weighted by Gasteiger charge is -2.46. The number of urea groups is 1. The Labute approximate surface area is 240 Å². The smallest absolute Gasteiger partial charge is 0.416 e. The van der Waals surface area contributed by atoms with Gasteiger partial charge >= 0.3 is 12.2 Å². The number of hydrogen-bond donors (Lipinski definition) is 1. The highest BCUT2D eigenvalue weighted by Crippen LogP contribution is 2.41. The summed E-state index contributed by atoms with van der Waals surface area (Å²) in [5, 5.41) is 2.75. The molecule has 42 heavy (non-hydrogen) atoms. The van der Waals surface area contributed by atoms with Gasteiger partial charge < -0.3 is 19.1 Å². The molecule has 2 saturated heterocycles. The number of amides is 2. The van der Waals surface area contributed by atoms with E-state index in [1.165, 1.54) is 18.3 Å². The molecule has 0 spiro atoms. The summed E-state index contributed by atoms with van der Waals surface area (Å²) in [6, 6.07) is 5.70. The Morgan fingerprint density at radius 2 is 2.05 bits per heavy atom. The first-order valence-corrected chi connectivity index (χ1v) is 13.7. The van der Waals surface area contributed by atoms with Crippen LogP contribution in [0.25, 0.3) is 11.4 Å². The second kappa shape index (κ2) is 10.7. The SMILES string of the molecule is Cc1nc(-c2cccc(C(F)(F)F)c2)nc2c1N1CCC[C@@H](C1)N2C(=O)Nc1nccc(OC[C@@H]2COC(C)(C)O2)n1. The average Bonchev–Trinajstić information content (AvgIpc) is 3.30. The predicted molar refractivity (Wildman–Crippen MR) is 146 cm³/mol. The Balaban J connectivity index is 1.27. The molecule has 2 aromatic heterocycles. The van der Waals surface area contributed by atoms with Gasteiger partial charge in [-0.2, -0.15) is 18.2 Å². The summed E-state index contributed by atoms with van der Waals surface area (Å²) in [6.45, 7) is 7.36. The number of benzene rings is 1. The Bertz CT molecular complexity index is 1500. The van der Waals surface area contributed by atoms with Gasteiger partial charge in [0.25, 0.3) is 0 Å². The summed E-state index contributed by atoms with van der Waals surface area (Å²) in [5.74, 6) is 0.0360. The molecule has 3 aliphatic heterocycles. The zero-order valence-corrected chi connectivity index (χ0v) is 23.3. The van der Waals surface area contributed by atoms with E-state index in [1.54, 1.807) is 17.9 Å². The van der Waals surface area contributed by atoms with Crippen LogP contribution < -0.4 is 19.9 Å². The molecule has 1 N–H and O–H groups in total. The molecule has 2 bridgehead atoms. The molecule has 1 aromatic carbocycles. The van der Waals surface area contributed by atoms with Crippen LogP contribution in [0, 0.1) is 6.92 Å². The minimum Gasteiger partial charge on any atom is -0.475 e. The highest BCUT2D eigenvalue weighted by molar-refractivity contribution is 6.04. The van der Waals surface area contributed by atoms with Crippen LogP contribution in [-0.4, -0.2) is 70.2 Å². The van der Waals surface area contributed by atoms with Gasteiger partial charge in [0.1, 0.15) is 18.4 Å². The van der Waals surface area contributed by atoms with Crippen LogP contribution in [-0.2, 0) is 15.7 Å². The molecular weight excluding hydrogens is 555 g/mol. The third-order valence-corrected chi connectivity index (χ3v) is 7.35. The molecular formula is C28H30F3N7O4. The fraction of sp³-hybridized carbons (Fsp3) is 0.464. The van der Waals surface area contributed by atoms with Gasteiger partial charge in [-0.1, -0.05) is 12.1 Å². The molecule has 2 fully saturated rings. The van der Waals surface area contributed by atoms with E-state index < -0.39 is 23.6 Å². The standard InChI is InChI=1S/C28H30F3N7O4/c1-16-22-24(35-23(33-16)17-6-4-7-18(12-17)28(29,30)31)38(19-8-5-11-37(22)13-19)26(39)36-25-32-10-9-21(34-25)40-14-20-15-41-27(2,3)42-20/h4,6-7,9-10,12,19-20H,5,8,11,13-15H2,1-3H3,(H,32,34,36,39)/t19-,20+/m0/s1. The maximum atomic E-state index is 13.8. The Hall–Kier alpha value is -4.04. The zero-order valence-electron chi connectivity index (χ0n) is 23.3. The topological polar surface area (TPSA) is 115 Å². The Kier molecular flexibility index (Phi) is 7.13. The van der Waals surface area contributed by atoms with Crippen molar-refractivity contribution in [1.29, 1.82) is 0 Å². The molecule has 14 heteroatoms. The molecule has 0 aliphatic carbocycles. The Morgan fingerprint density at radius 3 is 2.81 bits per heavy atom. The van der Waals surface area contributed by atoms with Crippen LogP contribution in [0.15, 0.2) is 36.5 Å². The minimum atomic E-state index is -4.51. The third-order valence-electron chi connectivity index (χ3n) is 7.35. The van der Waals surface area contributed by atoms with Crippen molar-refractivity contribution in [3.05, 3.63) is 47.8 Å². The van der Waals surface area contributed by atoms with Gasteiger partial charge in [-0.3, -0.25) is 10.2 Å². The first-order valence-electron chi connectivity index (χ1n) is 13.7. The van der Waals surface area contributed by atoms with Crippen molar-refractivity contribution in [3.8, 4) is 17.3 Å². The van der Waals surface area contributed by atoms with Crippen molar-refractivity contribution in [2.75, 3.05) is 41.4 Å². The molecule has 0 unspecified atom stereocenters. The number of alkyl halides is 3. The average molecular weight is 586 g/mol. The number of nitrogens with one attached hydrogen (secondary N) is 1. The Morgan fingerprint density at radius 1 is 1.21 bits per heavy atom. The lowest BCUT2D eigenvalue weighted by molar-refractivity contribution is -0.141. The van der Waals surface area contributed by atoms with Crippen molar-refractivity contribution in [2.24, 2.45) is 0 Å². The largest absolute Gasteiger partial charge is 0.475 e. The summed E-state index contributed by atoms with van der Waals surface area (Å²) >= 11 is 0. The summed E-state index contributed by atoms with van der Waals surface area (Å²) in [6.07, 6.45) is -1.72. The van der Waals surface area contributed by atoms with E-state index in [0.717, 1.165) is 31.5 Å². The summed E-state index contributed by atoms with van der Waals surface area (Å²) in [5.41, 5.74) is 0.647. The van der Waals surface area contributed by atoms with Gasteiger partial charge in [0.15, 0.2) is 17.4 Å². The summed E-state index contributed by atoms with van der Waals surface area (Å²) in [4.78, 5) is 35.1. The fourth-order valence-corrected chi connectivity index (χ4v) is 5.52. The van der Waals surface area contributed by atoms with Crippen LogP contribution in [0.5, 0.6) is 5.88 Å². The quantitative estimate of drug-likeness (QED) is 0.450. The predicted octanol–water partition coefficient (Wildman–Crippen LogP) is 4.81. The maximum absolute atomic E-state index is 13.8. The zero-order chi connectivity index (χ0) is 29.6. The molecule has 0 radical (unpaired) electrons.